The third-order valence-electron chi connectivity index (χ3n) is 8.06. The van der Waals surface area contributed by atoms with Crippen LogP contribution in [0.2, 0.25) is 0 Å². The van der Waals surface area contributed by atoms with Crippen molar-refractivity contribution in [3.8, 4) is 0 Å². The highest BCUT2D eigenvalue weighted by Gasteiger charge is 2.40. The lowest BCUT2D eigenvalue weighted by atomic mass is 9.91. The molecule has 6 rings (SSSR count). The van der Waals surface area contributed by atoms with Gasteiger partial charge in [-0.05, 0) is 76.9 Å². The molecule has 3 fully saturated rings. The first-order valence-corrected chi connectivity index (χ1v) is 12.2. The largest absolute Gasteiger partial charge is 0.349 e. The Morgan fingerprint density at radius 1 is 0.906 bits per heavy atom. The minimum absolute atomic E-state index is 0.326. The van der Waals surface area contributed by atoms with Crippen LogP contribution in [0.15, 0.2) is 42.7 Å². The van der Waals surface area contributed by atoms with Crippen molar-refractivity contribution >= 4 is 11.5 Å². The maximum absolute atomic E-state index is 5.14. The fraction of sp³-hybridized carbons (Fsp3) is 0.538. The molecule has 6 heterocycles. The number of pyridine rings is 2. The Balaban J connectivity index is 1.34. The zero-order valence-electron chi connectivity index (χ0n) is 19.5. The first kappa shape index (κ1) is 20.2. The van der Waals surface area contributed by atoms with Gasteiger partial charge in [0, 0.05) is 37.6 Å². The molecule has 6 nitrogen and oxygen atoms in total. The van der Waals surface area contributed by atoms with Gasteiger partial charge >= 0.3 is 0 Å². The van der Waals surface area contributed by atoms with Gasteiger partial charge in [-0.3, -0.25) is 14.3 Å². The van der Waals surface area contributed by atoms with Crippen LogP contribution in [0.4, 0.5) is 5.82 Å². The summed E-state index contributed by atoms with van der Waals surface area (Å²) in [7, 11) is 4.52. The van der Waals surface area contributed by atoms with Gasteiger partial charge in [-0.2, -0.15) is 0 Å². The van der Waals surface area contributed by atoms with Gasteiger partial charge in [0.05, 0.1) is 23.5 Å². The molecule has 3 saturated heterocycles. The Bertz CT molecular complexity index is 1110. The summed E-state index contributed by atoms with van der Waals surface area (Å²) in [5, 5.41) is 0. The number of nitrogens with zero attached hydrogens (tertiary/aromatic N) is 6. The van der Waals surface area contributed by atoms with Gasteiger partial charge in [-0.1, -0.05) is 12.1 Å². The number of hydrogen-bond acceptors (Lipinski definition) is 5. The van der Waals surface area contributed by atoms with Crippen molar-refractivity contribution in [3.05, 3.63) is 59.7 Å². The molecule has 0 amide bonds. The number of likely N-dealkylation sites (tertiary alicyclic amines) is 2. The molecule has 0 radical (unpaired) electrons. The average molecular weight is 431 g/mol. The molecule has 2 bridgehead atoms. The molecule has 3 aliphatic rings. The number of aromatic nitrogens is 3. The van der Waals surface area contributed by atoms with Crippen LogP contribution in [0.1, 0.15) is 61.1 Å². The third-order valence-corrected chi connectivity index (χ3v) is 8.06. The van der Waals surface area contributed by atoms with E-state index >= 15 is 0 Å². The zero-order valence-corrected chi connectivity index (χ0v) is 19.5. The van der Waals surface area contributed by atoms with Gasteiger partial charge in [-0.25, -0.2) is 4.98 Å². The summed E-state index contributed by atoms with van der Waals surface area (Å²) >= 11 is 0. The maximum Gasteiger partial charge on any atom is 0.138 e. The lowest BCUT2D eigenvalue weighted by Crippen LogP contribution is -2.53. The SMILES string of the molecule is Cc1cccnc1C1CCCC(c2cn3c(N4C5CCC4CN(C)C5)cccc3n2)N1C. The highest BCUT2D eigenvalue weighted by Crippen LogP contribution is 2.41. The van der Waals surface area contributed by atoms with Crippen LogP contribution < -0.4 is 4.90 Å². The van der Waals surface area contributed by atoms with Crippen molar-refractivity contribution in [2.75, 3.05) is 32.1 Å². The predicted molar refractivity (Wildman–Crippen MR) is 128 cm³/mol. The van der Waals surface area contributed by atoms with Gasteiger partial charge in [-0.15, -0.1) is 0 Å². The normalized spacial score (nSPS) is 29.2. The molecule has 6 heteroatoms. The number of fused-ring (bicyclic) bond motifs is 3. The zero-order chi connectivity index (χ0) is 21.8. The van der Waals surface area contributed by atoms with Crippen LogP contribution >= 0.6 is 0 Å². The van der Waals surface area contributed by atoms with E-state index in [9.17, 15) is 0 Å². The fourth-order valence-corrected chi connectivity index (χ4v) is 6.54. The molecule has 168 valence electrons. The summed E-state index contributed by atoms with van der Waals surface area (Å²) in [5.41, 5.74) is 4.77. The highest BCUT2D eigenvalue weighted by atomic mass is 15.4. The second kappa shape index (κ2) is 7.85. The summed E-state index contributed by atoms with van der Waals surface area (Å²) in [6, 6.07) is 12.8. The van der Waals surface area contributed by atoms with Gasteiger partial charge in [0.1, 0.15) is 11.5 Å². The van der Waals surface area contributed by atoms with Gasteiger partial charge in [0.2, 0.25) is 0 Å². The number of piperidine rings is 1. The Labute approximate surface area is 190 Å². The van der Waals surface area contributed by atoms with Crippen LogP contribution in [0.25, 0.3) is 5.65 Å². The lowest BCUT2D eigenvalue weighted by molar-refractivity contribution is 0.109. The molecule has 3 aromatic rings. The van der Waals surface area contributed by atoms with E-state index in [0.29, 0.717) is 24.2 Å². The van der Waals surface area contributed by atoms with Crippen LogP contribution in [0.3, 0.4) is 0 Å². The smallest absolute Gasteiger partial charge is 0.138 e. The number of likely N-dealkylation sites (N-methyl/N-ethyl adjacent to an activating group) is 1. The Morgan fingerprint density at radius 2 is 1.69 bits per heavy atom. The van der Waals surface area contributed by atoms with Crippen molar-refractivity contribution in [3.63, 3.8) is 0 Å². The van der Waals surface area contributed by atoms with Crippen LogP contribution in [-0.4, -0.2) is 63.4 Å². The van der Waals surface area contributed by atoms with Crippen molar-refractivity contribution in [1.29, 1.82) is 0 Å². The van der Waals surface area contributed by atoms with E-state index in [4.69, 9.17) is 9.97 Å². The molecule has 3 aliphatic heterocycles. The number of rotatable bonds is 3. The second-order valence-corrected chi connectivity index (χ2v) is 10.1. The van der Waals surface area contributed by atoms with Crippen molar-refractivity contribution in [1.82, 2.24) is 24.2 Å². The number of aryl methyl sites for hydroxylation is 1. The highest BCUT2D eigenvalue weighted by molar-refractivity contribution is 5.55. The summed E-state index contributed by atoms with van der Waals surface area (Å²) < 4.78 is 2.36. The summed E-state index contributed by atoms with van der Waals surface area (Å²) in [4.78, 5) is 17.6. The van der Waals surface area contributed by atoms with E-state index in [0.717, 1.165) is 31.6 Å². The van der Waals surface area contributed by atoms with E-state index in [2.05, 4.69) is 70.6 Å². The molecule has 4 unspecified atom stereocenters. The van der Waals surface area contributed by atoms with E-state index in [-0.39, 0.29) is 0 Å². The molecule has 0 N–H and O–H groups in total. The molecule has 4 atom stereocenters. The number of imidazole rings is 1. The third kappa shape index (κ3) is 3.23. The molecule has 0 saturated carbocycles. The summed E-state index contributed by atoms with van der Waals surface area (Å²) in [6.07, 6.45) is 10.4. The molecule has 0 spiro atoms. The number of anilines is 1. The van der Waals surface area contributed by atoms with Crippen LogP contribution in [0, 0.1) is 6.92 Å². The summed E-state index contributed by atoms with van der Waals surface area (Å²) in [5.74, 6) is 1.32. The Hall–Kier alpha value is -2.44. The van der Waals surface area contributed by atoms with Gasteiger partial charge in [0.25, 0.3) is 0 Å². The molecule has 0 aromatic carbocycles. The Morgan fingerprint density at radius 3 is 2.47 bits per heavy atom. The van der Waals surface area contributed by atoms with E-state index < -0.39 is 0 Å². The molecule has 3 aromatic heterocycles. The van der Waals surface area contributed by atoms with E-state index in [1.54, 1.807) is 0 Å². The van der Waals surface area contributed by atoms with Crippen molar-refractivity contribution < 1.29 is 0 Å². The molecular weight excluding hydrogens is 396 g/mol. The van der Waals surface area contributed by atoms with Gasteiger partial charge in [0.15, 0.2) is 0 Å². The molecule has 32 heavy (non-hydrogen) atoms. The minimum Gasteiger partial charge on any atom is -0.349 e. The topological polar surface area (TPSA) is 39.9 Å². The van der Waals surface area contributed by atoms with E-state index in [1.807, 2.05) is 12.3 Å². The van der Waals surface area contributed by atoms with E-state index in [1.165, 1.54) is 42.0 Å². The fourth-order valence-electron chi connectivity index (χ4n) is 6.54. The van der Waals surface area contributed by atoms with Gasteiger partial charge < -0.3 is 9.80 Å². The second-order valence-electron chi connectivity index (χ2n) is 10.1. The lowest BCUT2D eigenvalue weighted by Gasteiger charge is -2.41. The number of piperazine rings is 1. The monoisotopic (exact) mass is 430 g/mol. The Kier molecular flexibility index (Phi) is 4.95. The average Bonchev–Trinajstić information content (AvgIpc) is 3.33. The summed E-state index contributed by atoms with van der Waals surface area (Å²) in [6.45, 7) is 4.50. The van der Waals surface area contributed by atoms with Crippen molar-refractivity contribution in [2.45, 2.75) is 63.2 Å². The van der Waals surface area contributed by atoms with Crippen molar-refractivity contribution in [2.24, 2.45) is 0 Å². The minimum atomic E-state index is 0.326. The number of hydrogen-bond donors (Lipinski definition) is 0. The maximum atomic E-state index is 5.14. The van der Waals surface area contributed by atoms with Crippen LogP contribution in [0.5, 0.6) is 0 Å². The first-order chi connectivity index (χ1) is 15.6. The van der Waals surface area contributed by atoms with Crippen LogP contribution in [-0.2, 0) is 0 Å². The standard InChI is InChI=1S/C26H34N6/c1-18-7-6-14-27-26(18)23-9-4-8-22(30(23)3)21-17-31-24(28-21)10-5-11-25(31)32-19-12-13-20(32)16-29(2)15-19/h5-7,10-11,14,17,19-20,22-23H,4,8-9,12-13,15-16H2,1-3H3. The first-order valence-electron chi connectivity index (χ1n) is 12.2. The predicted octanol–water partition coefficient (Wildman–Crippen LogP) is 4.22. The quantitative estimate of drug-likeness (QED) is 0.622. The molecule has 0 aliphatic carbocycles. The molecular formula is C26H34N6.